The van der Waals surface area contributed by atoms with Gasteiger partial charge in [-0.15, -0.1) is 0 Å². The molecule has 2 aromatic heterocycles. The first-order chi connectivity index (χ1) is 12.6. The number of likely N-dealkylation sites (tertiary alicyclic amines) is 1. The van der Waals surface area contributed by atoms with Gasteiger partial charge in [0.25, 0.3) is 5.91 Å². The molecule has 2 atom stereocenters. The number of rotatable bonds is 4. The lowest BCUT2D eigenvalue weighted by atomic mass is 9.84. The Bertz CT molecular complexity index is 777. The minimum Gasteiger partial charge on any atom is -0.481 e. The van der Waals surface area contributed by atoms with Gasteiger partial charge in [-0.05, 0) is 37.3 Å². The van der Waals surface area contributed by atoms with Crippen LogP contribution in [0.5, 0.6) is 0 Å². The van der Waals surface area contributed by atoms with E-state index in [0.717, 1.165) is 12.8 Å². The third-order valence-corrected chi connectivity index (χ3v) is 5.33. The highest BCUT2D eigenvalue weighted by Crippen LogP contribution is 2.33. The monoisotopic (exact) mass is 359 g/mol. The zero-order valence-corrected chi connectivity index (χ0v) is 14.3. The van der Waals surface area contributed by atoms with E-state index >= 15 is 0 Å². The number of carbonyl (C=O) groups excluding carboxylic acids is 1. The van der Waals surface area contributed by atoms with Gasteiger partial charge < -0.3 is 19.2 Å². The number of hydrogen-bond donors (Lipinski definition) is 2. The average Bonchev–Trinajstić information content (AvgIpc) is 3.42. The second-order valence-electron chi connectivity index (χ2n) is 6.84. The van der Waals surface area contributed by atoms with E-state index in [1.54, 1.807) is 29.4 Å². The summed E-state index contributed by atoms with van der Waals surface area (Å²) in [6, 6.07) is 5.26. The van der Waals surface area contributed by atoms with Gasteiger partial charge in [0, 0.05) is 25.8 Å². The molecule has 2 saturated heterocycles. The maximum Gasteiger partial charge on any atom is 0.309 e. The van der Waals surface area contributed by atoms with Crippen LogP contribution in [0.15, 0.2) is 28.9 Å². The highest BCUT2D eigenvalue weighted by molar-refractivity contribution is 5.93. The Kier molecular flexibility index (Phi) is 4.50. The number of aliphatic carboxylic acids is 1. The van der Waals surface area contributed by atoms with Crippen LogP contribution in [0.3, 0.4) is 0 Å². The van der Waals surface area contributed by atoms with Crippen molar-refractivity contribution in [1.29, 1.82) is 0 Å². The molecule has 0 aliphatic carbocycles. The quantitative estimate of drug-likeness (QED) is 0.864. The van der Waals surface area contributed by atoms with Gasteiger partial charge in [-0.3, -0.25) is 14.7 Å². The highest BCUT2D eigenvalue weighted by Gasteiger charge is 2.41. The highest BCUT2D eigenvalue weighted by atomic mass is 16.5. The first-order valence-corrected chi connectivity index (χ1v) is 8.86. The Morgan fingerprint density at radius 2 is 2.08 bits per heavy atom. The molecule has 0 spiro atoms. The van der Waals surface area contributed by atoms with Gasteiger partial charge in [0.2, 0.25) is 0 Å². The molecule has 2 aliphatic heterocycles. The number of amides is 1. The van der Waals surface area contributed by atoms with Gasteiger partial charge in [-0.25, -0.2) is 0 Å². The summed E-state index contributed by atoms with van der Waals surface area (Å²) in [5.41, 5.74) is 1.02. The number of carboxylic acid groups (broad SMARTS) is 1. The van der Waals surface area contributed by atoms with E-state index in [-0.39, 0.29) is 17.9 Å². The van der Waals surface area contributed by atoms with Crippen LogP contribution in [-0.4, -0.2) is 57.9 Å². The summed E-state index contributed by atoms with van der Waals surface area (Å²) in [5.74, 6) is -0.522. The van der Waals surface area contributed by atoms with Crippen molar-refractivity contribution >= 4 is 11.9 Å². The van der Waals surface area contributed by atoms with Gasteiger partial charge in [-0.2, -0.15) is 5.10 Å². The minimum atomic E-state index is -0.784. The summed E-state index contributed by atoms with van der Waals surface area (Å²) in [4.78, 5) is 25.8. The Balaban J connectivity index is 1.37. The summed E-state index contributed by atoms with van der Waals surface area (Å²) < 4.78 is 11.0. The summed E-state index contributed by atoms with van der Waals surface area (Å²) in [6.45, 7) is 1.67. The average molecular weight is 359 g/mol. The normalized spacial score (nSPS) is 24.1. The van der Waals surface area contributed by atoms with Crippen molar-refractivity contribution in [2.24, 2.45) is 11.8 Å². The lowest BCUT2D eigenvalue weighted by molar-refractivity contribution is -0.145. The van der Waals surface area contributed by atoms with Crippen molar-refractivity contribution in [2.45, 2.75) is 25.4 Å². The van der Waals surface area contributed by atoms with Crippen LogP contribution in [0.2, 0.25) is 0 Å². The Morgan fingerprint density at radius 1 is 1.27 bits per heavy atom. The van der Waals surface area contributed by atoms with Crippen molar-refractivity contribution in [3.8, 4) is 11.5 Å². The van der Waals surface area contributed by atoms with Crippen molar-refractivity contribution in [2.75, 3.05) is 19.7 Å². The molecule has 2 fully saturated rings. The standard InChI is InChI=1S/C18H21N3O5/c22-17(14-10-13(19-20-14)15-2-1-8-25-15)21-6-3-11(4-7-21)16-12(18(23)24)5-9-26-16/h1-2,8,10-12,16H,3-7,9H2,(H,19,20)(H,23,24)/t12?,16-/m0/s1. The fourth-order valence-electron chi connectivity index (χ4n) is 3.92. The molecule has 0 radical (unpaired) electrons. The predicted molar refractivity (Wildman–Crippen MR) is 90.4 cm³/mol. The van der Waals surface area contributed by atoms with Gasteiger partial charge in [0.15, 0.2) is 11.5 Å². The number of aromatic amines is 1. The van der Waals surface area contributed by atoms with Gasteiger partial charge in [0.05, 0.1) is 18.3 Å². The second-order valence-corrected chi connectivity index (χ2v) is 6.84. The van der Waals surface area contributed by atoms with E-state index in [0.29, 0.717) is 43.3 Å². The number of nitrogens with zero attached hydrogens (tertiary/aromatic N) is 2. The van der Waals surface area contributed by atoms with E-state index in [9.17, 15) is 14.7 Å². The van der Waals surface area contributed by atoms with E-state index < -0.39 is 11.9 Å². The first-order valence-electron chi connectivity index (χ1n) is 8.86. The molecule has 4 heterocycles. The SMILES string of the molecule is O=C(O)C1CCO[C@H]1C1CCN(C(=O)c2cc(-c3ccco3)[nH]n2)CC1. The number of piperidine rings is 1. The molecule has 0 saturated carbocycles. The lowest BCUT2D eigenvalue weighted by Gasteiger charge is -2.35. The number of H-pyrrole nitrogens is 1. The zero-order valence-electron chi connectivity index (χ0n) is 14.3. The fourth-order valence-corrected chi connectivity index (χ4v) is 3.92. The molecule has 1 amide bonds. The second kappa shape index (κ2) is 6.95. The van der Waals surface area contributed by atoms with Gasteiger partial charge >= 0.3 is 5.97 Å². The third kappa shape index (κ3) is 3.12. The number of carbonyl (C=O) groups is 2. The molecular formula is C18H21N3O5. The first kappa shape index (κ1) is 16.8. The van der Waals surface area contributed by atoms with E-state index in [2.05, 4.69) is 10.2 Å². The van der Waals surface area contributed by atoms with Crippen LogP contribution in [0, 0.1) is 11.8 Å². The molecular weight excluding hydrogens is 338 g/mol. The number of ether oxygens (including phenoxy) is 1. The molecule has 2 N–H and O–H groups in total. The number of aromatic nitrogens is 2. The minimum absolute atomic E-state index is 0.125. The van der Waals surface area contributed by atoms with E-state index in [1.165, 1.54) is 0 Å². The van der Waals surface area contributed by atoms with Crippen LogP contribution >= 0.6 is 0 Å². The van der Waals surface area contributed by atoms with Crippen LogP contribution in [0.25, 0.3) is 11.5 Å². The van der Waals surface area contributed by atoms with Gasteiger partial charge in [-0.1, -0.05) is 0 Å². The van der Waals surface area contributed by atoms with E-state index in [1.807, 2.05) is 0 Å². The third-order valence-electron chi connectivity index (χ3n) is 5.33. The molecule has 0 aromatic carbocycles. The van der Waals surface area contributed by atoms with Crippen molar-refractivity contribution in [3.63, 3.8) is 0 Å². The molecule has 2 aromatic rings. The van der Waals surface area contributed by atoms with Gasteiger partial charge in [0.1, 0.15) is 5.69 Å². The van der Waals surface area contributed by atoms with Crippen LogP contribution in [0.1, 0.15) is 29.8 Å². The smallest absolute Gasteiger partial charge is 0.309 e. The number of nitrogens with one attached hydrogen (secondary N) is 1. The Hall–Kier alpha value is -2.61. The summed E-state index contributed by atoms with van der Waals surface area (Å²) >= 11 is 0. The Labute approximate surface area is 150 Å². The largest absolute Gasteiger partial charge is 0.481 e. The number of carboxylic acids is 1. The molecule has 26 heavy (non-hydrogen) atoms. The maximum atomic E-state index is 12.7. The fraction of sp³-hybridized carbons (Fsp3) is 0.500. The van der Waals surface area contributed by atoms with Crippen LogP contribution in [0.4, 0.5) is 0 Å². The molecule has 138 valence electrons. The topological polar surface area (TPSA) is 109 Å². The van der Waals surface area contributed by atoms with Crippen molar-refractivity contribution in [3.05, 3.63) is 30.2 Å². The molecule has 2 aliphatic rings. The van der Waals surface area contributed by atoms with Crippen LogP contribution < -0.4 is 0 Å². The predicted octanol–water partition coefficient (Wildman–Crippen LogP) is 2.01. The van der Waals surface area contributed by atoms with Crippen LogP contribution in [-0.2, 0) is 9.53 Å². The van der Waals surface area contributed by atoms with Crippen molar-refractivity contribution < 1.29 is 23.8 Å². The maximum absolute atomic E-state index is 12.7. The van der Waals surface area contributed by atoms with Crippen molar-refractivity contribution in [1.82, 2.24) is 15.1 Å². The Morgan fingerprint density at radius 3 is 2.77 bits per heavy atom. The molecule has 8 nitrogen and oxygen atoms in total. The molecule has 4 rings (SSSR count). The number of hydrogen-bond acceptors (Lipinski definition) is 5. The summed E-state index contributed by atoms with van der Waals surface area (Å²) in [7, 11) is 0. The number of furan rings is 1. The van der Waals surface area contributed by atoms with E-state index in [4.69, 9.17) is 9.15 Å². The summed E-state index contributed by atoms with van der Waals surface area (Å²) in [5, 5.41) is 16.2. The zero-order chi connectivity index (χ0) is 18.1. The summed E-state index contributed by atoms with van der Waals surface area (Å²) in [6.07, 6.45) is 3.39. The lowest BCUT2D eigenvalue weighted by Crippen LogP contribution is -2.43. The molecule has 0 bridgehead atoms. The molecule has 1 unspecified atom stereocenters. The molecule has 8 heteroatoms.